The van der Waals surface area contributed by atoms with Crippen LogP contribution in [0.1, 0.15) is 5.56 Å². The van der Waals surface area contributed by atoms with Crippen LogP contribution in [-0.4, -0.2) is 28.1 Å². The first kappa shape index (κ1) is 21.8. The van der Waals surface area contributed by atoms with Crippen molar-refractivity contribution in [2.45, 2.75) is 11.4 Å². The van der Waals surface area contributed by atoms with Gasteiger partial charge in [-0.25, -0.2) is 4.99 Å². The summed E-state index contributed by atoms with van der Waals surface area (Å²) in [5.74, 6) is 0.00395. The predicted molar refractivity (Wildman–Crippen MR) is 145 cm³/mol. The molecule has 0 aliphatic carbocycles. The molecule has 0 radical (unpaired) electrons. The molecule has 0 spiro atoms. The van der Waals surface area contributed by atoms with E-state index in [1.54, 1.807) is 22.7 Å². The van der Waals surface area contributed by atoms with Gasteiger partial charge in [-0.05, 0) is 40.9 Å². The number of hydrogen-bond donors (Lipinski definition) is 1. The van der Waals surface area contributed by atoms with E-state index in [1.165, 1.54) is 11.8 Å². The molecule has 0 atom stereocenters. The Morgan fingerprint density at radius 2 is 1.60 bits per heavy atom. The normalized spacial score (nSPS) is 18.7. The highest BCUT2D eigenvalue weighted by Gasteiger charge is 2.39. The first-order valence-corrected chi connectivity index (χ1v) is 12.8. The van der Waals surface area contributed by atoms with E-state index in [0.717, 1.165) is 31.9 Å². The molecule has 5 nitrogen and oxygen atoms in total. The molecule has 4 aromatic rings. The number of hydrogen-bond acceptors (Lipinski definition) is 6. The lowest BCUT2D eigenvalue weighted by atomic mass is 10.1. The van der Waals surface area contributed by atoms with Gasteiger partial charge in [0.2, 0.25) is 0 Å². The van der Waals surface area contributed by atoms with Crippen molar-refractivity contribution < 1.29 is 9.90 Å². The summed E-state index contributed by atoms with van der Waals surface area (Å²) in [5, 5.41) is 14.0. The van der Waals surface area contributed by atoms with E-state index in [1.807, 2.05) is 79.8 Å². The van der Waals surface area contributed by atoms with Gasteiger partial charge in [0.15, 0.2) is 5.17 Å². The minimum atomic E-state index is -0.0838. The Bertz CT molecular complexity index is 1530. The summed E-state index contributed by atoms with van der Waals surface area (Å²) < 4.78 is 0. The van der Waals surface area contributed by atoms with Crippen LogP contribution < -0.4 is 4.90 Å². The molecule has 35 heavy (non-hydrogen) atoms. The number of rotatable bonds is 3. The molecule has 1 saturated heterocycles. The van der Waals surface area contributed by atoms with E-state index in [-0.39, 0.29) is 11.7 Å². The average molecular weight is 496 g/mol. The van der Waals surface area contributed by atoms with Crippen LogP contribution in [0, 0.1) is 0 Å². The lowest BCUT2D eigenvalue weighted by Gasteiger charge is -2.17. The molecule has 6 rings (SSSR count). The minimum Gasteiger partial charge on any atom is -0.506 e. The number of amidine groups is 1. The van der Waals surface area contributed by atoms with E-state index in [4.69, 9.17) is 4.99 Å². The number of nitrogens with zero attached hydrogens (tertiary/aromatic N) is 3. The van der Waals surface area contributed by atoms with Crippen LogP contribution in [0.15, 0.2) is 111 Å². The highest BCUT2D eigenvalue weighted by atomic mass is 32.2. The summed E-state index contributed by atoms with van der Waals surface area (Å²) >= 11 is 2.96. The Kier molecular flexibility index (Phi) is 5.51. The van der Waals surface area contributed by atoms with Crippen molar-refractivity contribution in [2.24, 2.45) is 4.99 Å². The summed E-state index contributed by atoms with van der Waals surface area (Å²) in [6.45, 7) is 0.398. The van der Waals surface area contributed by atoms with Gasteiger partial charge >= 0.3 is 0 Å². The average Bonchev–Trinajstić information content (AvgIpc) is 3.38. The van der Waals surface area contributed by atoms with Crippen molar-refractivity contribution in [1.29, 1.82) is 0 Å². The van der Waals surface area contributed by atoms with Gasteiger partial charge in [0, 0.05) is 17.3 Å². The number of para-hydroxylation sites is 1. The van der Waals surface area contributed by atoms with Crippen molar-refractivity contribution in [3.63, 3.8) is 0 Å². The Labute approximate surface area is 211 Å². The van der Waals surface area contributed by atoms with E-state index in [2.05, 4.69) is 17.0 Å². The fraction of sp³-hybridized carbons (Fsp3) is 0.0714. The number of anilines is 1. The van der Waals surface area contributed by atoms with Gasteiger partial charge in [0.1, 0.15) is 16.3 Å². The standard InChI is InChI=1S/C28H21N3O2S2/c1-30-21-13-7-8-14-23(21)34-27(30)25-26(33)31(17-18-9-3-2-4-10-18)28(35-25)29-24-20-12-6-5-11-19(20)15-16-22(24)32/h2-16,32H,17H2,1H3/b27-25-,29-28+. The fourth-order valence-electron chi connectivity index (χ4n) is 4.28. The number of aromatic hydroxyl groups is 1. The molecule has 2 heterocycles. The molecule has 1 fully saturated rings. The molecular weight excluding hydrogens is 474 g/mol. The van der Waals surface area contributed by atoms with E-state index in [0.29, 0.717) is 22.3 Å². The van der Waals surface area contributed by atoms with Crippen LogP contribution in [0.2, 0.25) is 0 Å². The van der Waals surface area contributed by atoms with E-state index < -0.39 is 0 Å². The highest BCUT2D eigenvalue weighted by Crippen LogP contribution is 2.50. The van der Waals surface area contributed by atoms with Gasteiger partial charge in [-0.15, -0.1) is 0 Å². The fourth-order valence-corrected chi connectivity index (χ4v) is 6.61. The number of phenols is 1. The molecule has 172 valence electrons. The number of benzene rings is 4. The summed E-state index contributed by atoms with van der Waals surface area (Å²) in [5.41, 5.74) is 2.57. The van der Waals surface area contributed by atoms with Crippen molar-refractivity contribution >= 4 is 56.7 Å². The third-order valence-corrected chi connectivity index (χ3v) is 8.50. The molecule has 7 heteroatoms. The third-order valence-electron chi connectivity index (χ3n) is 6.07. The molecule has 4 aromatic carbocycles. The molecule has 2 aliphatic rings. The monoisotopic (exact) mass is 495 g/mol. The van der Waals surface area contributed by atoms with Gasteiger partial charge in [0.05, 0.1) is 17.3 Å². The summed E-state index contributed by atoms with van der Waals surface area (Å²) in [6.07, 6.45) is 0. The van der Waals surface area contributed by atoms with Gasteiger partial charge in [-0.2, -0.15) is 0 Å². The van der Waals surface area contributed by atoms with Crippen LogP contribution in [0.4, 0.5) is 11.4 Å². The van der Waals surface area contributed by atoms with Crippen LogP contribution in [0.25, 0.3) is 10.8 Å². The zero-order valence-corrected chi connectivity index (χ0v) is 20.5. The molecule has 0 aromatic heterocycles. The second-order valence-corrected chi connectivity index (χ2v) is 10.3. The van der Waals surface area contributed by atoms with E-state index in [9.17, 15) is 9.90 Å². The number of carbonyl (C=O) groups excluding carboxylic acids is 1. The second kappa shape index (κ2) is 8.83. The maximum Gasteiger partial charge on any atom is 0.269 e. The number of amides is 1. The van der Waals surface area contributed by atoms with Gasteiger partial charge in [0.25, 0.3) is 5.91 Å². The summed E-state index contributed by atoms with van der Waals surface area (Å²) in [7, 11) is 1.99. The van der Waals surface area contributed by atoms with Gasteiger partial charge in [-0.1, -0.05) is 84.6 Å². The number of carbonyl (C=O) groups is 1. The topological polar surface area (TPSA) is 56.1 Å². The summed E-state index contributed by atoms with van der Waals surface area (Å²) in [6, 6.07) is 29.4. The lowest BCUT2D eigenvalue weighted by molar-refractivity contribution is -0.122. The quantitative estimate of drug-likeness (QED) is 0.320. The minimum absolute atomic E-state index is 0.0838. The molecule has 0 bridgehead atoms. The number of fused-ring (bicyclic) bond motifs is 2. The van der Waals surface area contributed by atoms with Crippen LogP contribution >= 0.6 is 23.5 Å². The Morgan fingerprint density at radius 3 is 2.43 bits per heavy atom. The molecule has 0 unspecified atom stereocenters. The maximum absolute atomic E-state index is 13.8. The highest BCUT2D eigenvalue weighted by molar-refractivity contribution is 8.19. The van der Waals surface area contributed by atoms with Crippen molar-refractivity contribution in [3.05, 3.63) is 106 Å². The number of aliphatic imine (C=N–C) groups is 1. The SMILES string of the molecule is CN1/C(=C2/S/C(=N/c3c(O)ccc4ccccc34)N(Cc3ccccc3)C2=O)Sc2ccccc21. The zero-order chi connectivity index (χ0) is 23.9. The second-order valence-electron chi connectivity index (χ2n) is 8.29. The van der Waals surface area contributed by atoms with Crippen molar-refractivity contribution in [3.8, 4) is 5.75 Å². The van der Waals surface area contributed by atoms with Gasteiger partial charge < -0.3 is 10.0 Å². The maximum atomic E-state index is 13.8. The van der Waals surface area contributed by atoms with Crippen LogP contribution in [0.5, 0.6) is 5.75 Å². The molecule has 0 saturated carbocycles. The largest absolute Gasteiger partial charge is 0.506 e. The molecule has 2 aliphatic heterocycles. The Hall–Kier alpha value is -3.68. The Balaban J connectivity index is 1.48. The lowest BCUT2D eigenvalue weighted by Crippen LogP contribution is -2.29. The smallest absolute Gasteiger partial charge is 0.269 e. The Morgan fingerprint density at radius 1 is 0.857 bits per heavy atom. The molecule has 1 N–H and O–H groups in total. The molecular formula is C28H21N3O2S2. The number of thioether (sulfide) groups is 2. The summed E-state index contributed by atoms with van der Waals surface area (Å²) in [4.78, 5) is 24.2. The van der Waals surface area contributed by atoms with Crippen LogP contribution in [0.3, 0.4) is 0 Å². The van der Waals surface area contributed by atoms with Crippen molar-refractivity contribution in [2.75, 3.05) is 11.9 Å². The predicted octanol–water partition coefficient (Wildman–Crippen LogP) is 6.72. The van der Waals surface area contributed by atoms with Crippen LogP contribution in [-0.2, 0) is 11.3 Å². The third kappa shape index (κ3) is 3.87. The first-order valence-electron chi connectivity index (χ1n) is 11.2. The van der Waals surface area contributed by atoms with E-state index >= 15 is 0 Å². The van der Waals surface area contributed by atoms with Crippen molar-refractivity contribution in [1.82, 2.24) is 4.90 Å². The molecule has 1 amide bonds. The number of phenolic OH excluding ortho intramolecular Hbond substituents is 1. The van der Waals surface area contributed by atoms with Gasteiger partial charge in [-0.3, -0.25) is 9.69 Å². The first-order chi connectivity index (χ1) is 17.1. The zero-order valence-electron chi connectivity index (χ0n) is 18.9.